The molecule has 0 saturated carbocycles. The summed E-state index contributed by atoms with van der Waals surface area (Å²) < 4.78 is 0. The minimum atomic E-state index is 0.588. The van der Waals surface area contributed by atoms with E-state index in [0.29, 0.717) is 12.0 Å². The third-order valence-electron chi connectivity index (χ3n) is 3.10. The van der Waals surface area contributed by atoms with E-state index in [2.05, 4.69) is 43.2 Å². The van der Waals surface area contributed by atoms with Crippen LogP contribution in [-0.4, -0.2) is 18.1 Å². The van der Waals surface area contributed by atoms with E-state index in [9.17, 15) is 0 Å². The molecular formula is C14H24N2. The van der Waals surface area contributed by atoms with Crippen LogP contribution in [0.15, 0.2) is 18.3 Å². The highest BCUT2D eigenvalue weighted by atomic mass is 14.8. The van der Waals surface area contributed by atoms with Gasteiger partial charge < -0.3 is 5.32 Å². The van der Waals surface area contributed by atoms with Crippen LogP contribution < -0.4 is 5.32 Å². The van der Waals surface area contributed by atoms with Crippen molar-refractivity contribution in [2.24, 2.45) is 5.92 Å². The van der Waals surface area contributed by atoms with Gasteiger partial charge in [-0.3, -0.25) is 4.98 Å². The molecular weight excluding hydrogens is 196 g/mol. The average Bonchev–Trinajstić information content (AvgIpc) is 2.29. The molecule has 90 valence electrons. The van der Waals surface area contributed by atoms with Crippen molar-refractivity contribution >= 4 is 0 Å². The summed E-state index contributed by atoms with van der Waals surface area (Å²) in [5.74, 6) is 0.683. The molecule has 0 radical (unpaired) electrons. The number of nitrogens with zero attached hydrogens (tertiary/aromatic N) is 1. The summed E-state index contributed by atoms with van der Waals surface area (Å²) in [4.78, 5) is 4.50. The van der Waals surface area contributed by atoms with Crippen molar-refractivity contribution in [3.63, 3.8) is 0 Å². The van der Waals surface area contributed by atoms with Gasteiger partial charge in [0.1, 0.15) is 0 Å². The van der Waals surface area contributed by atoms with Gasteiger partial charge in [0, 0.05) is 17.9 Å². The first kappa shape index (κ1) is 13.2. The molecule has 0 saturated heterocycles. The van der Waals surface area contributed by atoms with Gasteiger partial charge in [0.15, 0.2) is 0 Å². The van der Waals surface area contributed by atoms with Gasteiger partial charge in [0.25, 0.3) is 0 Å². The highest BCUT2D eigenvalue weighted by Gasteiger charge is 2.08. The Bertz CT molecular complexity index is 292. The second kappa shape index (κ2) is 6.64. The van der Waals surface area contributed by atoms with E-state index in [1.54, 1.807) is 0 Å². The van der Waals surface area contributed by atoms with Crippen LogP contribution in [0.3, 0.4) is 0 Å². The lowest BCUT2D eigenvalue weighted by Gasteiger charge is -2.16. The molecule has 0 aromatic carbocycles. The van der Waals surface area contributed by atoms with Crippen molar-refractivity contribution in [1.29, 1.82) is 0 Å². The number of hydrogen-bond donors (Lipinski definition) is 1. The van der Waals surface area contributed by atoms with E-state index in [0.717, 1.165) is 12.8 Å². The van der Waals surface area contributed by atoms with Crippen LogP contribution >= 0.6 is 0 Å². The predicted molar refractivity (Wildman–Crippen MR) is 69.6 cm³/mol. The van der Waals surface area contributed by atoms with Gasteiger partial charge in [-0.25, -0.2) is 0 Å². The van der Waals surface area contributed by atoms with Crippen LogP contribution in [0.2, 0.25) is 0 Å². The van der Waals surface area contributed by atoms with Gasteiger partial charge in [-0.2, -0.15) is 0 Å². The average molecular weight is 220 g/mol. The lowest BCUT2D eigenvalue weighted by atomic mass is 9.97. The molecule has 2 atom stereocenters. The van der Waals surface area contributed by atoms with Gasteiger partial charge >= 0.3 is 0 Å². The minimum Gasteiger partial charge on any atom is -0.317 e. The Hall–Kier alpha value is -0.890. The Labute approximate surface area is 99.5 Å². The molecule has 1 rings (SSSR count). The van der Waals surface area contributed by atoms with Gasteiger partial charge in [-0.05, 0) is 50.8 Å². The highest BCUT2D eigenvalue weighted by molar-refractivity contribution is 5.14. The smallest absolute Gasteiger partial charge is 0.0406 e. The predicted octanol–water partition coefficient (Wildman–Crippen LogP) is 2.82. The highest BCUT2D eigenvalue weighted by Crippen LogP contribution is 2.12. The fourth-order valence-electron chi connectivity index (χ4n) is 1.95. The summed E-state index contributed by atoms with van der Waals surface area (Å²) in [5, 5.41) is 3.28. The van der Waals surface area contributed by atoms with E-state index in [1.165, 1.54) is 17.7 Å². The fourth-order valence-corrected chi connectivity index (χ4v) is 1.95. The Morgan fingerprint density at radius 3 is 2.56 bits per heavy atom. The Morgan fingerprint density at radius 1 is 1.31 bits per heavy atom. The first-order chi connectivity index (χ1) is 7.65. The molecule has 2 heteroatoms. The molecule has 0 fully saturated rings. The first-order valence-electron chi connectivity index (χ1n) is 6.26. The summed E-state index contributed by atoms with van der Waals surface area (Å²) in [6.07, 6.45) is 5.35. The Balaban J connectivity index is 2.46. The number of aromatic nitrogens is 1. The zero-order valence-electron chi connectivity index (χ0n) is 11.0. The molecule has 0 amide bonds. The second-order valence-electron chi connectivity index (χ2n) is 4.75. The van der Waals surface area contributed by atoms with Crippen LogP contribution in [0.4, 0.5) is 0 Å². The number of hydrogen-bond acceptors (Lipinski definition) is 2. The van der Waals surface area contributed by atoms with Crippen molar-refractivity contribution in [3.05, 3.63) is 29.6 Å². The van der Waals surface area contributed by atoms with Crippen LogP contribution in [0.25, 0.3) is 0 Å². The number of nitrogens with one attached hydrogen (secondary N) is 1. The fraction of sp³-hybridized carbons (Fsp3) is 0.643. The molecule has 2 unspecified atom stereocenters. The Kier molecular flexibility index (Phi) is 5.47. The molecule has 1 heterocycles. The quantitative estimate of drug-likeness (QED) is 0.797. The molecule has 1 N–H and O–H groups in total. The number of aryl methyl sites for hydroxylation is 1. The Morgan fingerprint density at radius 2 is 2.06 bits per heavy atom. The van der Waals surface area contributed by atoms with Crippen LogP contribution in [0, 0.1) is 5.92 Å². The van der Waals surface area contributed by atoms with Gasteiger partial charge in [0.2, 0.25) is 0 Å². The zero-order valence-corrected chi connectivity index (χ0v) is 11.0. The monoisotopic (exact) mass is 220 g/mol. The molecule has 2 nitrogen and oxygen atoms in total. The molecule has 0 aliphatic carbocycles. The van der Waals surface area contributed by atoms with Crippen molar-refractivity contribution in [2.45, 2.75) is 46.1 Å². The largest absolute Gasteiger partial charge is 0.317 e. The maximum atomic E-state index is 4.50. The molecule has 0 bridgehead atoms. The summed E-state index contributed by atoms with van der Waals surface area (Å²) in [6, 6.07) is 4.94. The minimum absolute atomic E-state index is 0.588. The summed E-state index contributed by atoms with van der Waals surface area (Å²) in [6.45, 7) is 6.68. The molecule has 0 aliphatic heterocycles. The van der Waals surface area contributed by atoms with E-state index in [1.807, 2.05) is 13.2 Å². The van der Waals surface area contributed by atoms with E-state index < -0.39 is 0 Å². The zero-order chi connectivity index (χ0) is 12.0. The van der Waals surface area contributed by atoms with Crippen molar-refractivity contribution in [2.75, 3.05) is 7.05 Å². The summed E-state index contributed by atoms with van der Waals surface area (Å²) >= 11 is 0. The van der Waals surface area contributed by atoms with Gasteiger partial charge in [-0.1, -0.05) is 19.9 Å². The third kappa shape index (κ3) is 4.31. The first-order valence-corrected chi connectivity index (χ1v) is 6.26. The second-order valence-corrected chi connectivity index (χ2v) is 4.75. The van der Waals surface area contributed by atoms with Crippen molar-refractivity contribution in [3.8, 4) is 0 Å². The molecule has 1 aromatic heterocycles. The normalized spacial score (nSPS) is 14.8. The lowest BCUT2D eigenvalue weighted by Crippen LogP contribution is -2.24. The molecule has 0 spiro atoms. The van der Waals surface area contributed by atoms with Crippen LogP contribution in [0.5, 0.6) is 0 Å². The lowest BCUT2D eigenvalue weighted by molar-refractivity contribution is 0.437. The molecule has 1 aromatic rings. The molecule has 16 heavy (non-hydrogen) atoms. The van der Waals surface area contributed by atoms with E-state index in [-0.39, 0.29) is 0 Å². The maximum Gasteiger partial charge on any atom is 0.0406 e. The topological polar surface area (TPSA) is 24.9 Å². The standard InChI is InChI=1S/C14H24N2/c1-5-13-6-7-14(16-10-13)9-11(2)8-12(3)15-4/h6-7,10-12,15H,5,8-9H2,1-4H3. The number of rotatable bonds is 6. The van der Waals surface area contributed by atoms with Crippen LogP contribution in [-0.2, 0) is 12.8 Å². The van der Waals surface area contributed by atoms with Gasteiger partial charge in [0.05, 0.1) is 0 Å². The van der Waals surface area contributed by atoms with E-state index >= 15 is 0 Å². The molecule has 0 aliphatic rings. The SMILES string of the molecule is CCc1ccc(CC(C)CC(C)NC)nc1. The third-order valence-corrected chi connectivity index (χ3v) is 3.10. The summed E-state index contributed by atoms with van der Waals surface area (Å²) in [5.41, 5.74) is 2.54. The maximum absolute atomic E-state index is 4.50. The number of pyridine rings is 1. The summed E-state index contributed by atoms with van der Waals surface area (Å²) in [7, 11) is 2.02. The van der Waals surface area contributed by atoms with Gasteiger partial charge in [-0.15, -0.1) is 0 Å². The van der Waals surface area contributed by atoms with Crippen molar-refractivity contribution in [1.82, 2.24) is 10.3 Å². The van der Waals surface area contributed by atoms with Crippen molar-refractivity contribution < 1.29 is 0 Å². The van der Waals surface area contributed by atoms with Crippen LogP contribution in [0.1, 0.15) is 38.4 Å². The van der Waals surface area contributed by atoms with E-state index in [4.69, 9.17) is 0 Å².